The molecular formula is C22H21N5O4. The van der Waals surface area contributed by atoms with E-state index >= 15 is 0 Å². The summed E-state index contributed by atoms with van der Waals surface area (Å²) in [5, 5.41) is 7.84. The van der Waals surface area contributed by atoms with E-state index in [1.165, 1.54) is 0 Å². The zero-order valence-electron chi connectivity index (χ0n) is 16.7. The van der Waals surface area contributed by atoms with Gasteiger partial charge in [-0.1, -0.05) is 30.3 Å². The number of furan rings is 1. The smallest absolute Gasteiger partial charge is 0.252 e. The van der Waals surface area contributed by atoms with Gasteiger partial charge in [0, 0.05) is 12.1 Å². The Labute approximate surface area is 177 Å². The summed E-state index contributed by atoms with van der Waals surface area (Å²) in [6.07, 6.45) is 3.22. The molecule has 31 heavy (non-hydrogen) atoms. The third kappa shape index (κ3) is 4.78. The summed E-state index contributed by atoms with van der Waals surface area (Å²) in [6.45, 7) is 0.611. The second kappa shape index (κ2) is 9.23. The van der Waals surface area contributed by atoms with Crippen LogP contribution in [-0.4, -0.2) is 46.3 Å². The highest BCUT2D eigenvalue weighted by Gasteiger charge is 2.18. The topological polar surface area (TPSA) is 125 Å². The van der Waals surface area contributed by atoms with Crippen LogP contribution in [0.3, 0.4) is 0 Å². The number of fused-ring (bicyclic) bond motifs is 1. The van der Waals surface area contributed by atoms with Crippen LogP contribution < -0.4 is 11.1 Å². The molecule has 3 aromatic heterocycles. The van der Waals surface area contributed by atoms with Gasteiger partial charge in [-0.25, -0.2) is 9.67 Å². The molecule has 4 aromatic rings. The Kier molecular flexibility index (Phi) is 6.04. The fourth-order valence-corrected chi connectivity index (χ4v) is 3.16. The average molecular weight is 419 g/mol. The highest BCUT2D eigenvalue weighted by molar-refractivity contribution is 6.06. The van der Waals surface area contributed by atoms with Crippen LogP contribution >= 0.6 is 0 Å². The normalized spacial score (nSPS) is 11.0. The first kappa shape index (κ1) is 20.3. The lowest BCUT2D eigenvalue weighted by atomic mass is 10.1. The maximum Gasteiger partial charge on any atom is 0.252 e. The molecule has 0 aliphatic rings. The molecule has 0 aliphatic carbocycles. The number of nitrogens with zero attached hydrogens (tertiary/aromatic N) is 3. The minimum Gasteiger partial charge on any atom is -0.467 e. The lowest BCUT2D eigenvalue weighted by Crippen LogP contribution is -2.29. The zero-order chi connectivity index (χ0) is 21.6. The van der Waals surface area contributed by atoms with E-state index in [1.807, 2.05) is 42.5 Å². The maximum atomic E-state index is 12.9. The van der Waals surface area contributed by atoms with Crippen molar-refractivity contribution in [3.63, 3.8) is 0 Å². The molecule has 3 heterocycles. The third-order valence-electron chi connectivity index (χ3n) is 4.59. The van der Waals surface area contributed by atoms with E-state index in [1.54, 1.807) is 23.2 Å². The number of rotatable bonds is 9. The number of carbonyl (C=O) groups excluding carboxylic acids is 2. The summed E-state index contributed by atoms with van der Waals surface area (Å²) in [4.78, 5) is 28.4. The molecule has 0 fully saturated rings. The van der Waals surface area contributed by atoms with Gasteiger partial charge in [-0.3, -0.25) is 9.59 Å². The zero-order valence-corrected chi connectivity index (χ0v) is 16.7. The number of nitrogens with two attached hydrogens (primary N) is 1. The van der Waals surface area contributed by atoms with E-state index in [0.29, 0.717) is 28.8 Å². The van der Waals surface area contributed by atoms with Crippen LogP contribution in [0.2, 0.25) is 0 Å². The van der Waals surface area contributed by atoms with Crippen molar-refractivity contribution in [2.24, 2.45) is 5.73 Å². The number of pyridine rings is 1. The van der Waals surface area contributed by atoms with Crippen LogP contribution in [0, 0.1) is 0 Å². The van der Waals surface area contributed by atoms with E-state index < -0.39 is 5.91 Å². The number of hydrogen-bond acceptors (Lipinski definition) is 6. The van der Waals surface area contributed by atoms with Crippen LogP contribution in [-0.2, 0) is 16.1 Å². The van der Waals surface area contributed by atoms with Gasteiger partial charge in [0.2, 0.25) is 5.91 Å². The monoisotopic (exact) mass is 419 g/mol. The largest absolute Gasteiger partial charge is 0.467 e. The first-order chi connectivity index (χ1) is 15.1. The highest BCUT2D eigenvalue weighted by atomic mass is 16.5. The Morgan fingerprint density at radius 1 is 1.16 bits per heavy atom. The van der Waals surface area contributed by atoms with Crippen molar-refractivity contribution in [2.75, 3.05) is 19.8 Å². The summed E-state index contributed by atoms with van der Waals surface area (Å²) in [5.41, 5.74) is 7.60. The summed E-state index contributed by atoms with van der Waals surface area (Å²) in [7, 11) is 0. The molecule has 9 nitrogen and oxygen atoms in total. The minimum absolute atomic E-state index is 0.173. The van der Waals surface area contributed by atoms with E-state index in [-0.39, 0.29) is 25.7 Å². The summed E-state index contributed by atoms with van der Waals surface area (Å²) in [5.74, 6) is -0.113. The number of nitrogens with one attached hydrogen (secondary N) is 1. The summed E-state index contributed by atoms with van der Waals surface area (Å²) >= 11 is 0. The van der Waals surface area contributed by atoms with Crippen molar-refractivity contribution in [3.05, 3.63) is 72.3 Å². The molecule has 4 rings (SSSR count). The molecule has 0 saturated heterocycles. The number of benzene rings is 1. The van der Waals surface area contributed by atoms with E-state index in [4.69, 9.17) is 19.9 Å². The molecular weight excluding hydrogens is 398 g/mol. The molecule has 2 amide bonds. The van der Waals surface area contributed by atoms with Gasteiger partial charge in [-0.15, -0.1) is 0 Å². The first-order valence-corrected chi connectivity index (χ1v) is 9.70. The predicted molar refractivity (Wildman–Crippen MR) is 113 cm³/mol. The van der Waals surface area contributed by atoms with Gasteiger partial charge < -0.3 is 20.2 Å². The first-order valence-electron chi connectivity index (χ1n) is 9.70. The Morgan fingerprint density at radius 2 is 2.00 bits per heavy atom. The van der Waals surface area contributed by atoms with Gasteiger partial charge in [0.1, 0.15) is 18.9 Å². The van der Waals surface area contributed by atoms with E-state index in [9.17, 15) is 9.59 Å². The molecule has 0 aliphatic heterocycles. The standard InChI is InChI=1S/C22H21N5O4/c23-20(28)14-30-10-8-24-22(29)17-11-19(15-5-2-1-3-6-15)26-21-18(17)12-25-27(21)13-16-7-4-9-31-16/h1-7,9,11-12H,8,10,13-14H2,(H2,23,28)(H,24,29). The van der Waals surface area contributed by atoms with E-state index in [2.05, 4.69) is 10.4 Å². The van der Waals surface area contributed by atoms with Crippen molar-refractivity contribution in [2.45, 2.75) is 6.54 Å². The number of carbonyl (C=O) groups is 2. The second-order valence-corrected chi connectivity index (χ2v) is 6.81. The highest BCUT2D eigenvalue weighted by Crippen LogP contribution is 2.25. The van der Waals surface area contributed by atoms with E-state index in [0.717, 1.165) is 11.3 Å². The molecule has 0 saturated carbocycles. The van der Waals surface area contributed by atoms with Crippen LogP contribution in [0.5, 0.6) is 0 Å². The summed E-state index contributed by atoms with van der Waals surface area (Å²) < 4.78 is 12.2. The second-order valence-electron chi connectivity index (χ2n) is 6.81. The van der Waals surface area contributed by atoms with Crippen molar-refractivity contribution >= 4 is 22.8 Å². The molecule has 3 N–H and O–H groups in total. The average Bonchev–Trinajstić information content (AvgIpc) is 3.44. The Bertz CT molecular complexity index is 1190. The lowest BCUT2D eigenvalue weighted by Gasteiger charge is -2.10. The Morgan fingerprint density at radius 3 is 2.74 bits per heavy atom. The van der Waals surface area contributed by atoms with Gasteiger partial charge in [0.25, 0.3) is 5.91 Å². The molecule has 0 atom stereocenters. The maximum absolute atomic E-state index is 12.9. The molecule has 158 valence electrons. The van der Waals surface area contributed by atoms with Crippen LogP contribution in [0.15, 0.2) is 65.4 Å². The number of primary amides is 1. The number of ether oxygens (including phenoxy) is 1. The Balaban J connectivity index is 1.65. The number of hydrogen-bond donors (Lipinski definition) is 2. The number of amides is 2. The predicted octanol–water partition coefficient (Wildman–Crippen LogP) is 1.97. The van der Waals surface area contributed by atoms with Gasteiger partial charge in [-0.05, 0) is 18.2 Å². The van der Waals surface area contributed by atoms with Gasteiger partial charge >= 0.3 is 0 Å². The molecule has 9 heteroatoms. The Hall–Kier alpha value is -3.98. The van der Waals surface area contributed by atoms with Crippen molar-refractivity contribution in [3.8, 4) is 11.3 Å². The molecule has 0 radical (unpaired) electrons. The molecule has 0 unspecified atom stereocenters. The van der Waals surface area contributed by atoms with Crippen molar-refractivity contribution < 1.29 is 18.7 Å². The fourth-order valence-electron chi connectivity index (χ4n) is 3.16. The fraction of sp³-hybridized carbons (Fsp3) is 0.182. The van der Waals surface area contributed by atoms with Crippen molar-refractivity contribution in [1.82, 2.24) is 20.1 Å². The molecule has 1 aromatic carbocycles. The van der Waals surface area contributed by atoms with Crippen LogP contribution in [0.25, 0.3) is 22.3 Å². The third-order valence-corrected chi connectivity index (χ3v) is 4.59. The van der Waals surface area contributed by atoms with Crippen LogP contribution in [0.4, 0.5) is 0 Å². The lowest BCUT2D eigenvalue weighted by molar-refractivity contribution is -0.122. The van der Waals surface area contributed by atoms with Crippen molar-refractivity contribution in [1.29, 1.82) is 0 Å². The van der Waals surface area contributed by atoms with Crippen LogP contribution in [0.1, 0.15) is 16.1 Å². The number of aromatic nitrogens is 3. The molecule has 0 spiro atoms. The summed E-state index contributed by atoms with van der Waals surface area (Å²) in [6, 6.07) is 15.0. The SMILES string of the molecule is NC(=O)COCCNC(=O)c1cc(-c2ccccc2)nc2c1cnn2Cc1ccco1. The van der Waals surface area contributed by atoms with Gasteiger partial charge in [-0.2, -0.15) is 5.10 Å². The minimum atomic E-state index is -0.557. The van der Waals surface area contributed by atoms with Gasteiger partial charge in [0.05, 0.1) is 35.7 Å². The quantitative estimate of drug-likeness (QED) is 0.400. The molecule has 0 bridgehead atoms. The van der Waals surface area contributed by atoms with Gasteiger partial charge in [0.15, 0.2) is 5.65 Å².